The maximum Gasteiger partial charge on any atom is 0.0781 e. The smallest absolute Gasteiger partial charge is 0.0781 e. The fourth-order valence-corrected chi connectivity index (χ4v) is 12.5. The van der Waals surface area contributed by atoms with Crippen molar-refractivity contribution in [1.82, 2.24) is 0 Å². The maximum atomic E-state index is 2.55. The van der Waals surface area contributed by atoms with Crippen molar-refractivity contribution in [2.75, 3.05) is 9.80 Å². The van der Waals surface area contributed by atoms with E-state index < -0.39 is 5.41 Å². The molecular formula is C66H46N2. The van der Waals surface area contributed by atoms with E-state index >= 15 is 0 Å². The van der Waals surface area contributed by atoms with Crippen molar-refractivity contribution in [3.63, 3.8) is 0 Å². The van der Waals surface area contributed by atoms with E-state index in [-0.39, 0.29) is 5.41 Å². The van der Waals surface area contributed by atoms with E-state index in [4.69, 9.17) is 0 Å². The van der Waals surface area contributed by atoms with Gasteiger partial charge in [0.15, 0.2) is 0 Å². The van der Waals surface area contributed by atoms with Crippen LogP contribution in [0, 0.1) is 0 Å². The fourth-order valence-electron chi connectivity index (χ4n) is 12.5. The quantitative estimate of drug-likeness (QED) is 0.174. The molecular weight excluding hydrogens is 821 g/mol. The molecule has 0 N–H and O–H groups in total. The van der Waals surface area contributed by atoms with Crippen molar-refractivity contribution < 1.29 is 0 Å². The summed E-state index contributed by atoms with van der Waals surface area (Å²) >= 11 is 0. The summed E-state index contributed by atoms with van der Waals surface area (Å²) in [4.78, 5) is 5.05. The van der Waals surface area contributed by atoms with Crippen LogP contribution in [0.4, 0.5) is 34.1 Å². The maximum absolute atomic E-state index is 2.55. The molecule has 10 aromatic carbocycles. The van der Waals surface area contributed by atoms with Gasteiger partial charge in [0.25, 0.3) is 0 Å². The second-order valence-electron chi connectivity index (χ2n) is 19.2. The summed E-state index contributed by atoms with van der Waals surface area (Å²) in [6.45, 7) is 4.77. The highest BCUT2D eigenvalue weighted by molar-refractivity contribution is 6.08. The Morgan fingerprint density at radius 3 is 1.56 bits per heavy atom. The molecule has 0 radical (unpaired) electrons. The molecule has 0 saturated heterocycles. The first-order chi connectivity index (χ1) is 33.5. The van der Waals surface area contributed by atoms with Gasteiger partial charge in [-0.15, -0.1) is 0 Å². The van der Waals surface area contributed by atoms with Crippen LogP contribution < -0.4 is 9.80 Å². The summed E-state index contributed by atoms with van der Waals surface area (Å²) in [5.74, 6) is 0. The molecule has 0 fully saturated rings. The lowest BCUT2D eigenvalue weighted by atomic mass is 9.66. The van der Waals surface area contributed by atoms with Gasteiger partial charge in [0.1, 0.15) is 0 Å². The molecule has 10 aromatic rings. The standard InChI is InChI=1S/C66H46N2/c1-65(2)58-31-15-10-25-50(58)52-39-37-47(42-61(52)65)67(63-34-18-28-54-49-24-9-8-23-48(49)53-27-12-17-33-62(53)68(64(54)63)45-21-4-3-5-22-45)46-38-40-60-55(41-46)51-26-11-16-32-59(51)66(60)56-29-13-6-19-43(56)35-36-44-20-7-14-30-57(44)66/h3-42H,1-2H3. The zero-order valence-electron chi connectivity index (χ0n) is 38.0. The van der Waals surface area contributed by atoms with E-state index in [0.717, 1.165) is 34.1 Å². The van der Waals surface area contributed by atoms with Gasteiger partial charge in [0.05, 0.1) is 22.5 Å². The highest BCUT2D eigenvalue weighted by Gasteiger charge is 2.49. The molecule has 320 valence electrons. The van der Waals surface area contributed by atoms with Crippen LogP contribution in [0.15, 0.2) is 231 Å². The van der Waals surface area contributed by atoms with Crippen LogP contribution in [0.5, 0.6) is 0 Å². The predicted octanol–water partition coefficient (Wildman–Crippen LogP) is 17.4. The monoisotopic (exact) mass is 866 g/mol. The SMILES string of the molecule is CC1(C)c2ccccc2-c2ccc(N(c3ccc4c(c3)-c3ccccc3C43c4ccccc4C=Cc4ccccc43)c3cccc4c3N(c3ccccc3)c3ccccc3-c3ccccc3-4)cc21. The second kappa shape index (κ2) is 14.5. The van der Waals surface area contributed by atoms with Gasteiger partial charge in [0, 0.05) is 33.6 Å². The number of nitrogens with zero attached hydrogens (tertiary/aromatic N) is 2. The fraction of sp³-hybridized carbons (Fsp3) is 0.0606. The van der Waals surface area contributed by atoms with E-state index in [1.165, 1.54) is 89.0 Å². The second-order valence-corrected chi connectivity index (χ2v) is 19.2. The molecule has 2 heteroatoms. The van der Waals surface area contributed by atoms with Crippen LogP contribution in [0.3, 0.4) is 0 Å². The number of rotatable bonds is 4. The summed E-state index contributed by atoms with van der Waals surface area (Å²) in [5.41, 5.74) is 26.4. The van der Waals surface area contributed by atoms with Gasteiger partial charge in [-0.3, -0.25) is 0 Å². The molecule has 2 nitrogen and oxygen atoms in total. The van der Waals surface area contributed by atoms with Gasteiger partial charge in [-0.25, -0.2) is 0 Å². The Hall–Kier alpha value is -8.46. The van der Waals surface area contributed by atoms with Gasteiger partial charge in [-0.2, -0.15) is 0 Å². The van der Waals surface area contributed by atoms with Crippen LogP contribution >= 0.6 is 0 Å². The Balaban J connectivity index is 1.08. The van der Waals surface area contributed by atoms with Gasteiger partial charge < -0.3 is 9.80 Å². The van der Waals surface area contributed by atoms with Gasteiger partial charge in [-0.05, 0) is 126 Å². The van der Waals surface area contributed by atoms with Crippen molar-refractivity contribution in [3.8, 4) is 44.5 Å². The zero-order valence-corrected chi connectivity index (χ0v) is 38.0. The highest BCUT2D eigenvalue weighted by atomic mass is 15.2. The molecule has 3 aliphatic carbocycles. The molecule has 0 amide bonds. The molecule has 1 heterocycles. The molecule has 0 atom stereocenters. The average molecular weight is 867 g/mol. The van der Waals surface area contributed by atoms with Crippen molar-refractivity contribution in [1.29, 1.82) is 0 Å². The molecule has 0 unspecified atom stereocenters. The molecule has 0 aromatic heterocycles. The van der Waals surface area contributed by atoms with E-state index in [1.807, 2.05) is 0 Å². The first kappa shape index (κ1) is 38.8. The number of para-hydroxylation sites is 3. The Morgan fingerprint density at radius 2 is 0.838 bits per heavy atom. The summed E-state index contributed by atoms with van der Waals surface area (Å²) in [5, 5.41) is 0. The molecule has 1 aliphatic heterocycles. The average Bonchev–Trinajstić information content (AvgIpc) is 3.68. The number of anilines is 6. The third-order valence-electron chi connectivity index (χ3n) is 15.4. The topological polar surface area (TPSA) is 6.48 Å². The summed E-state index contributed by atoms with van der Waals surface area (Å²) in [6, 6.07) is 86.3. The Kier molecular flexibility index (Phi) is 8.28. The minimum Gasteiger partial charge on any atom is -0.308 e. The van der Waals surface area contributed by atoms with Gasteiger partial charge in [0.2, 0.25) is 0 Å². The first-order valence-corrected chi connectivity index (χ1v) is 23.8. The van der Waals surface area contributed by atoms with Crippen LogP contribution in [0.2, 0.25) is 0 Å². The summed E-state index contributed by atoms with van der Waals surface area (Å²) in [6.07, 6.45) is 4.62. The molecule has 0 saturated carbocycles. The number of benzene rings is 10. The number of fused-ring (bicyclic) bond motifs is 17. The van der Waals surface area contributed by atoms with Gasteiger partial charge >= 0.3 is 0 Å². The summed E-state index contributed by atoms with van der Waals surface area (Å²) < 4.78 is 0. The largest absolute Gasteiger partial charge is 0.308 e. The molecule has 68 heavy (non-hydrogen) atoms. The number of hydrogen-bond acceptors (Lipinski definition) is 2. The van der Waals surface area contributed by atoms with E-state index in [9.17, 15) is 0 Å². The van der Waals surface area contributed by atoms with Crippen LogP contribution in [-0.2, 0) is 10.8 Å². The van der Waals surface area contributed by atoms with Crippen LogP contribution in [-0.4, -0.2) is 0 Å². The number of hydrogen-bond donors (Lipinski definition) is 0. The van der Waals surface area contributed by atoms with E-state index in [2.05, 4.69) is 266 Å². The molecule has 1 spiro atoms. The molecule has 4 aliphatic rings. The van der Waals surface area contributed by atoms with Gasteiger partial charge in [-0.1, -0.05) is 208 Å². The van der Waals surface area contributed by atoms with Crippen molar-refractivity contribution in [2.45, 2.75) is 24.7 Å². The highest BCUT2D eigenvalue weighted by Crippen LogP contribution is 2.61. The lowest BCUT2D eigenvalue weighted by Gasteiger charge is -2.36. The third-order valence-corrected chi connectivity index (χ3v) is 15.4. The minimum absolute atomic E-state index is 0.188. The normalized spacial score (nSPS) is 14.5. The van der Waals surface area contributed by atoms with Crippen LogP contribution in [0.1, 0.15) is 58.4 Å². The van der Waals surface area contributed by atoms with Crippen molar-refractivity contribution >= 4 is 46.3 Å². The molecule has 14 rings (SSSR count). The predicted molar refractivity (Wildman–Crippen MR) is 284 cm³/mol. The van der Waals surface area contributed by atoms with Crippen LogP contribution in [0.25, 0.3) is 56.7 Å². The van der Waals surface area contributed by atoms with Crippen molar-refractivity contribution in [3.05, 3.63) is 275 Å². The van der Waals surface area contributed by atoms with E-state index in [1.54, 1.807) is 0 Å². The summed E-state index contributed by atoms with van der Waals surface area (Å²) in [7, 11) is 0. The Morgan fingerprint density at radius 1 is 0.338 bits per heavy atom. The van der Waals surface area contributed by atoms with Crippen molar-refractivity contribution in [2.24, 2.45) is 0 Å². The minimum atomic E-state index is -0.517. The Bertz CT molecular complexity index is 3690. The lowest BCUT2D eigenvalue weighted by molar-refractivity contribution is 0.660. The zero-order chi connectivity index (χ0) is 45.1. The Labute approximate surface area is 398 Å². The first-order valence-electron chi connectivity index (χ1n) is 23.8. The van der Waals surface area contributed by atoms with E-state index in [0.29, 0.717) is 0 Å². The molecule has 0 bridgehead atoms. The lowest BCUT2D eigenvalue weighted by Crippen LogP contribution is -2.30. The third kappa shape index (κ3) is 5.29.